The van der Waals surface area contributed by atoms with Crippen LogP contribution >= 0.6 is 0 Å². The summed E-state index contributed by atoms with van der Waals surface area (Å²) in [5.74, 6) is 0. The van der Waals surface area contributed by atoms with Gasteiger partial charge < -0.3 is 13.8 Å². The van der Waals surface area contributed by atoms with Crippen LogP contribution in [-0.2, 0) is 21.7 Å². The molecule has 0 bridgehead atoms. The van der Waals surface area contributed by atoms with Gasteiger partial charge in [-0.2, -0.15) is 0 Å². The molecule has 0 amide bonds. The Morgan fingerprint density at radius 2 is 1.11 bits per heavy atom. The smallest absolute Gasteiger partial charge is 0.333 e. The molecule has 3 nitrogen and oxygen atoms in total. The number of nitrogens with zero attached hydrogens (tertiary/aromatic N) is 2. The lowest BCUT2D eigenvalue weighted by atomic mass is 9.43. The molecule has 4 heteroatoms. The lowest BCUT2D eigenvalue weighted by Crippen LogP contribution is -2.60. The van der Waals surface area contributed by atoms with Crippen molar-refractivity contribution in [3.05, 3.63) is 173 Å². The third-order valence-electron chi connectivity index (χ3n) is 16.5. The number of rotatable bonds is 1. The number of fused-ring (bicyclic) bond motifs is 19. The Bertz CT molecular complexity index is 3840. The van der Waals surface area contributed by atoms with Crippen molar-refractivity contribution < 1.29 is 4.42 Å². The van der Waals surface area contributed by atoms with Gasteiger partial charge in [0.2, 0.25) is 0 Å². The van der Waals surface area contributed by atoms with Crippen molar-refractivity contribution in [1.29, 1.82) is 0 Å². The number of furan rings is 1. The van der Waals surface area contributed by atoms with Gasteiger partial charge in [0.25, 0.3) is 0 Å². The van der Waals surface area contributed by atoms with Crippen LogP contribution in [0.15, 0.2) is 144 Å². The molecule has 0 saturated carbocycles. The molecule has 2 aliphatic carbocycles. The molecule has 0 unspecified atom stereocenters. The summed E-state index contributed by atoms with van der Waals surface area (Å²) < 4.78 is 9.95. The van der Waals surface area contributed by atoms with Crippen LogP contribution in [0.1, 0.15) is 103 Å². The van der Waals surface area contributed by atoms with E-state index in [1.165, 1.54) is 127 Å². The van der Waals surface area contributed by atoms with Gasteiger partial charge in [-0.3, -0.25) is 0 Å². The van der Waals surface area contributed by atoms with Crippen LogP contribution in [0.2, 0.25) is 0 Å². The van der Waals surface area contributed by atoms with Gasteiger partial charge in [-0.05, 0) is 131 Å². The summed E-state index contributed by atoms with van der Waals surface area (Å²) in [5.41, 5.74) is 26.5. The predicted octanol–water partition coefficient (Wildman–Crippen LogP) is 15.1. The third-order valence-corrected chi connectivity index (χ3v) is 16.5. The lowest BCUT2D eigenvalue weighted by molar-refractivity contribution is 0.590. The van der Waals surface area contributed by atoms with Gasteiger partial charge in [0.05, 0.1) is 16.4 Å². The van der Waals surface area contributed by atoms with Crippen LogP contribution < -0.4 is 15.7 Å². The molecule has 0 atom stereocenters. The van der Waals surface area contributed by atoms with Gasteiger partial charge in [-0.1, -0.05) is 160 Å². The molecular formula is C62H53BN2O. The number of anilines is 2. The van der Waals surface area contributed by atoms with Crippen molar-refractivity contribution in [3.63, 3.8) is 0 Å². The first-order chi connectivity index (χ1) is 31.5. The molecular weight excluding hydrogens is 800 g/mol. The summed E-state index contributed by atoms with van der Waals surface area (Å²) in [7, 11) is 0. The minimum absolute atomic E-state index is 0.0200. The highest BCUT2D eigenvalue weighted by Crippen LogP contribution is 2.57. The van der Waals surface area contributed by atoms with Gasteiger partial charge in [-0.25, -0.2) is 0 Å². The topological polar surface area (TPSA) is 21.3 Å². The Morgan fingerprint density at radius 3 is 1.79 bits per heavy atom. The largest absolute Gasteiger partial charge is 0.455 e. The summed E-state index contributed by atoms with van der Waals surface area (Å²) >= 11 is 0. The fraction of sp³-hybridized carbons (Fsp3) is 0.226. The van der Waals surface area contributed by atoms with E-state index in [4.69, 9.17) is 4.42 Å². The Labute approximate surface area is 387 Å². The second-order valence-corrected chi connectivity index (χ2v) is 22.9. The Balaban J connectivity index is 1.23. The van der Waals surface area contributed by atoms with Crippen LogP contribution in [-0.4, -0.2) is 11.4 Å². The molecule has 10 aromatic rings. The van der Waals surface area contributed by atoms with E-state index < -0.39 is 0 Å². The number of benzene rings is 8. The van der Waals surface area contributed by atoms with E-state index in [2.05, 4.69) is 218 Å². The third kappa shape index (κ3) is 4.65. The number of hydrogen-bond donors (Lipinski definition) is 0. The molecule has 4 heterocycles. The van der Waals surface area contributed by atoms with E-state index >= 15 is 0 Å². The first-order valence-corrected chi connectivity index (χ1v) is 24.0. The zero-order valence-electron chi connectivity index (χ0n) is 39.7. The van der Waals surface area contributed by atoms with Crippen LogP contribution in [0.5, 0.6) is 0 Å². The SMILES string of the molecule is CC(C)(C)c1ccc(N2B3c4cc5c(cc4-n4c6ccc(C(C)(C)C)cc6c6c7oc8ccccc8c7c(c3c64)-c3cc4c(cc32)-c2ccccc2C4(C)C)C(C)(C)c2ccccc2-5)cc1. The van der Waals surface area contributed by atoms with Crippen molar-refractivity contribution in [2.24, 2.45) is 0 Å². The van der Waals surface area contributed by atoms with Crippen molar-refractivity contribution in [2.75, 3.05) is 4.81 Å². The fourth-order valence-corrected chi connectivity index (χ4v) is 13.0. The Hall–Kier alpha value is -6.78. The minimum atomic E-state index is -0.179. The minimum Gasteiger partial charge on any atom is -0.455 e. The molecule has 0 N–H and O–H groups in total. The molecule has 320 valence electrons. The quantitative estimate of drug-likeness (QED) is 0.153. The van der Waals surface area contributed by atoms with E-state index in [-0.39, 0.29) is 28.5 Å². The Kier molecular flexibility index (Phi) is 7.09. The summed E-state index contributed by atoms with van der Waals surface area (Å²) in [6.07, 6.45) is 0. The van der Waals surface area contributed by atoms with Gasteiger partial charge in [0.15, 0.2) is 0 Å². The van der Waals surface area contributed by atoms with Gasteiger partial charge in [-0.15, -0.1) is 0 Å². The number of aromatic nitrogens is 1. The first kappa shape index (κ1) is 38.5. The lowest BCUT2D eigenvalue weighted by Gasteiger charge is -2.43. The standard InChI is InChI=1S/C62H53BN2O/c1-59(2,3)34-23-26-36(27-24-34)65-50-32-41-38-18-12-15-21-45(38)61(7,8)46(41)30-43(50)53-54-39-19-13-16-22-52(39)66-58(54)55-42-29-35(60(4,5)6)25-28-49(42)64-51-33-47-40(31-48(51)63(65)56(53)57(55)64)37-17-11-14-20-44(37)62(47,9)10/h11-33H,1-10H3. The molecule has 0 radical (unpaired) electrons. The number of para-hydroxylation sites is 1. The second-order valence-electron chi connectivity index (χ2n) is 22.9. The van der Waals surface area contributed by atoms with E-state index in [1.54, 1.807) is 0 Å². The van der Waals surface area contributed by atoms with E-state index in [0.717, 1.165) is 11.2 Å². The zero-order valence-corrected chi connectivity index (χ0v) is 39.7. The summed E-state index contributed by atoms with van der Waals surface area (Å²) in [5, 5.41) is 4.84. The van der Waals surface area contributed by atoms with Crippen molar-refractivity contribution in [3.8, 4) is 39.1 Å². The maximum absolute atomic E-state index is 7.30. The fourth-order valence-electron chi connectivity index (χ4n) is 13.0. The van der Waals surface area contributed by atoms with Gasteiger partial charge >= 0.3 is 6.85 Å². The molecule has 2 aromatic heterocycles. The number of hydrogen-bond acceptors (Lipinski definition) is 2. The Morgan fingerprint density at radius 1 is 0.500 bits per heavy atom. The normalized spacial score (nSPS) is 15.9. The maximum Gasteiger partial charge on any atom is 0.333 e. The molecule has 66 heavy (non-hydrogen) atoms. The second kappa shape index (κ2) is 12.2. The van der Waals surface area contributed by atoms with Gasteiger partial charge in [0.1, 0.15) is 11.2 Å². The molecule has 8 aromatic carbocycles. The molecule has 4 aliphatic rings. The first-order valence-electron chi connectivity index (χ1n) is 24.0. The molecule has 2 aliphatic heterocycles. The molecule has 0 saturated heterocycles. The molecule has 0 fully saturated rings. The van der Waals surface area contributed by atoms with Crippen molar-refractivity contribution in [2.45, 2.75) is 90.9 Å². The molecule has 14 rings (SSSR count). The predicted molar refractivity (Wildman–Crippen MR) is 280 cm³/mol. The summed E-state index contributed by atoms with van der Waals surface area (Å²) in [6.45, 7) is 23.4. The highest BCUT2D eigenvalue weighted by molar-refractivity contribution is 6.94. The highest BCUT2D eigenvalue weighted by Gasteiger charge is 2.49. The summed E-state index contributed by atoms with van der Waals surface area (Å²) in [6, 6.07) is 54.1. The highest BCUT2D eigenvalue weighted by atomic mass is 16.3. The van der Waals surface area contributed by atoms with Crippen LogP contribution in [0, 0.1) is 0 Å². The average molecular weight is 853 g/mol. The van der Waals surface area contributed by atoms with E-state index in [1.807, 2.05) is 0 Å². The average Bonchev–Trinajstić information content (AvgIpc) is 3.98. The maximum atomic E-state index is 7.30. The monoisotopic (exact) mass is 852 g/mol. The van der Waals surface area contributed by atoms with E-state index in [9.17, 15) is 0 Å². The summed E-state index contributed by atoms with van der Waals surface area (Å²) in [4.78, 5) is 2.73. The zero-order chi connectivity index (χ0) is 45.1. The van der Waals surface area contributed by atoms with Gasteiger partial charge in [0, 0.05) is 49.6 Å². The van der Waals surface area contributed by atoms with E-state index in [0.29, 0.717) is 0 Å². The molecule has 0 spiro atoms. The van der Waals surface area contributed by atoms with Crippen LogP contribution in [0.3, 0.4) is 0 Å². The van der Waals surface area contributed by atoms with Crippen molar-refractivity contribution >= 4 is 72.9 Å². The van der Waals surface area contributed by atoms with Crippen LogP contribution in [0.4, 0.5) is 11.4 Å². The van der Waals surface area contributed by atoms with Crippen molar-refractivity contribution in [1.82, 2.24) is 4.57 Å². The van der Waals surface area contributed by atoms with Crippen LogP contribution in [0.25, 0.3) is 82.8 Å².